The monoisotopic (exact) mass is 431 g/mol. The number of carbonyl (C=O) groups is 2. The summed E-state index contributed by atoms with van der Waals surface area (Å²) in [5, 5.41) is 3.02. The van der Waals surface area contributed by atoms with Gasteiger partial charge in [0.1, 0.15) is 0 Å². The van der Waals surface area contributed by atoms with E-state index in [-0.39, 0.29) is 17.7 Å². The molecule has 2 amide bonds. The van der Waals surface area contributed by atoms with Crippen molar-refractivity contribution in [2.45, 2.75) is 58.0 Å². The highest BCUT2D eigenvalue weighted by atomic mass is 16.2. The fraction of sp³-hybridized carbons (Fsp3) is 0.444. The van der Waals surface area contributed by atoms with Gasteiger partial charge in [-0.05, 0) is 24.8 Å². The average molecular weight is 432 g/mol. The summed E-state index contributed by atoms with van der Waals surface area (Å²) < 4.78 is 0. The predicted octanol–water partition coefficient (Wildman–Crippen LogP) is 4.94. The molecule has 1 aliphatic carbocycles. The van der Waals surface area contributed by atoms with Crippen molar-refractivity contribution < 1.29 is 9.59 Å². The SMILES string of the molecule is CCCCCC(CC1CC1)C(=O)N[C@H]1N=C(c2ccccc2)c2ccccc2N(C)C1=O. The Hall–Kier alpha value is -2.95. The first-order valence-corrected chi connectivity index (χ1v) is 11.9. The Kier molecular flexibility index (Phi) is 7.03. The molecule has 32 heavy (non-hydrogen) atoms. The number of carbonyl (C=O) groups excluding carboxylic acids is 2. The van der Waals surface area contributed by atoms with Crippen LogP contribution in [0.1, 0.15) is 63.0 Å². The second-order valence-corrected chi connectivity index (χ2v) is 9.04. The second kappa shape index (κ2) is 10.1. The first-order valence-electron chi connectivity index (χ1n) is 11.9. The van der Waals surface area contributed by atoms with Gasteiger partial charge >= 0.3 is 0 Å². The van der Waals surface area contributed by atoms with Crippen molar-refractivity contribution in [3.05, 3.63) is 65.7 Å². The van der Waals surface area contributed by atoms with Crippen LogP contribution in [0.15, 0.2) is 59.6 Å². The summed E-state index contributed by atoms with van der Waals surface area (Å²) in [6.45, 7) is 2.17. The van der Waals surface area contributed by atoms with E-state index >= 15 is 0 Å². The summed E-state index contributed by atoms with van der Waals surface area (Å²) in [4.78, 5) is 33.1. The largest absolute Gasteiger partial charge is 0.326 e. The number of hydrogen-bond acceptors (Lipinski definition) is 3. The second-order valence-electron chi connectivity index (χ2n) is 9.04. The molecule has 2 atom stereocenters. The molecular formula is C27H33N3O2. The fourth-order valence-corrected chi connectivity index (χ4v) is 4.45. The number of anilines is 1. The number of aliphatic imine (C=N–C) groups is 1. The zero-order valence-electron chi connectivity index (χ0n) is 19.1. The quantitative estimate of drug-likeness (QED) is 0.572. The minimum Gasteiger partial charge on any atom is -0.326 e. The van der Waals surface area contributed by atoms with Crippen LogP contribution in [0.2, 0.25) is 0 Å². The van der Waals surface area contributed by atoms with Gasteiger partial charge in [-0.15, -0.1) is 0 Å². The van der Waals surface area contributed by atoms with Gasteiger partial charge in [0.15, 0.2) is 0 Å². The lowest BCUT2D eigenvalue weighted by Gasteiger charge is -2.23. The van der Waals surface area contributed by atoms with Gasteiger partial charge in [-0.2, -0.15) is 0 Å². The Morgan fingerprint density at radius 3 is 2.53 bits per heavy atom. The minimum atomic E-state index is -0.928. The van der Waals surface area contributed by atoms with Gasteiger partial charge in [-0.1, -0.05) is 87.6 Å². The maximum atomic E-state index is 13.3. The van der Waals surface area contributed by atoms with Crippen molar-refractivity contribution in [3.8, 4) is 0 Å². The number of likely N-dealkylation sites (N-methyl/N-ethyl adjacent to an activating group) is 1. The van der Waals surface area contributed by atoms with Crippen LogP contribution in [0.25, 0.3) is 0 Å². The van der Waals surface area contributed by atoms with Crippen molar-refractivity contribution >= 4 is 23.2 Å². The van der Waals surface area contributed by atoms with Crippen LogP contribution in [0.4, 0.5) is 5.69 Å². The average Bonchev–Trinajstić information content (AvgIpc) is 3.65. The van der Waals surface area contributed by atoms with E-state index in [4.69, 9.17) is 4.99 Å². The molecule has 4 rings (SSSR count). The molecule has 5 heteroatoms. The zero-order valence-corrected chi connectivity index (χ0v) is 19.1. The molecule has 1 aliphatic heterocycles. The molecule has 1 saturated carbocycles. The fourth-order valence-electron chi connectivity index (χ4n) is 4.45. The molecule has 1 fully saturated rings. The number of benzene rings is 2. The van der Waals surface area contributed by atoms with E-state index < -0.39 is 6.17 Å². The molecule has 2 aromatic carbocycles. The van der Waals surface area contributed by atoms with Crippen LogP contribution in [0.5, 0.6) is 0 Å². The first-order chi connectivity index (χ1) is 15.6. The topological polar surface area (TPSA) is 61.8 Å². The van der Waals surface area contributed by atoms with Crippen molar-refractivity contribution in [3.63, 3.8) is 0 Å². The minimum absolute atomic E-state index is 0.0399. The highest BCUT2D eigenvalue weighted by molar-refractivity contribution is 6.20. The number of nitrogens with zero attached hydrogens (tertiary/aromatic N) is 2. The number of fused-ring (bicyclic) bond motifs is 1. The number of rotatable bonds is 9. The van der Waals surface area contributed by atoms with Gasteiger partial charge in [0, 0.05) is 24.1 Å². The molecule has 1 unspecified atom stereocenters. The van der Waals surface area contributed by atoms with Gasteiger partial charge in [-0.25, -0.2) is 4.99 Å². The van der Waals surface area contributed by atoms with Crippen molar-refractivity contribution in [1.82, 2.24) is 5.32 Å². The number of hydrogen-bond donors (Lipinski definition) is 1. The third-order valence-electron chi connectivity index (χ3n) is 6.51. The molecule has 2 aliphatic rings. The lowest BCUT2D eigenvalue weighted by molar-refractivity contribution is -0.130. The third kappa shape index (κ3) is 5.09. The van der Waals surface area contributed by atoms with Gasteiger partial charge in [0.25, 0.3) is 5.91 Å². The van der Waals surface area contributed by atoms with E-state index in [1.807, 2.05) is 54.6 Å². The highest BCUT2D eigenvalue weighted by Gasteiger charge is 2.34. The van der Waals surface area contributed by atoms with E-state index in [1.165, 1.54) is 12.8 Å². The van der Waals surface area contributed by atoms with E-state index in [9.17, 15) is 9.59 Å². The summed E-state index contributed by atoms with van der Waals surface area (Å²) in [7, 11) is 1.76. The molecule has 1 N–H and O–H groups in total. The third-order valence-corrected chi connectivity index (χ3v) is 6.51. The van der Waals surface area contributed by atoms with Gasteiger partial charge in [0.2, 0.25) is 12.1 Å². The summed E-state index contributed by atoms with van der Waals surface area (Å²) in [6.07, 6.45) is 6.61. The summed E-state index contributed by atoms with van der Waals surface area (Å²) >= 11 is 0. The number of nitrogens with one attached hydrogen (secondary N) is 1. The van der Waals surface area contributed by atoms with Crippen LogP contribution >= 0.6 is 0 Å². The summed E-state index contributed by atoms with van der Waals surface area (Å²) in [6, 6.07) is 17.6. The number of amides is 2. The standard InChI is InChI=1S/C27H33N3O2/c1-3-4-6-13-21(18-19-16-17-19)26(31)29-25-27(32)30(2)23-15-10-9-14-22(23)24(28-25)20-11-7-5-8-12-20/h5,7-12,14-15,19,21,25H,3-4,6,13,16-18H2,1-2H3,(H,29,31)/t21?,25-/m1/s1. The Morgan fingerprint density at radius 2 is 1.81 bits per heavy atom. The number of para-hydroxylation sites is 1. The molecular weight excluding hydrogens is 398 g/mol. The van der Waals surface area contributed by atoms with Crippen LogP contribution < -0.4 is 10.2 Å². The molecule has 0 saturated heterocycles. The molecule has 2 aromatic rings. The van der Waals surface area contributed by atoms with Crippen molar-refractivity contribution in [2.24, 2.45) is 16.8 Å². The smallest absolute Gasteiger partial charge is 0.272 e. The van der Waals surface area contributed by atoms with Crippen LogP contribution in [-0.2, 0) is 9.59 Å². The molecule has 168 valence electrons. The summed E-state index contributed by atoms with van der Waals surface area (Å²) in [5.74, 6) is 0.359. The maximum absolute atomic E-state index is 13.3. The maximum Gasteiger partial charge on any atom is 0.272 e. The first kappa shape index (κ1) is 22.3. The Labute approximate surface area is 190 Å². The molecule has 0 radical (unpaired) electrons. The Morgan fingerprint density at radius 1 is 1.09 bits per heavy atom. The van der Waals surface area contributed by atoms with Gasteiger partial charge < -0.3 is 10.2 Å². The van der Waals surface area contributed by atoms with Gasteiger partial charge in [-0.3, -0.25) is 9.59 Å². The van der Waals surface area contributed by atoms with E-state index in [2.05, 4.69) is 12.2 Å². The van der Waals surface area contributed by atoms with E-state index in [1.54, 1.807) is 11.9 Å². The highest BCUT2D eigenvalue weighted by Crippen LogP contribution is 2.37. The Balaban J connectivity index is 1.63. The van der Waals surface area contributed by atoms with E-state index in [0.29, 0.717) is 5.92 Å². The Bertz CT molecular complexity index is 981. The molecule has 5 nitrogen and oxygen atoms in total. The van der Waals surface area contributed by atoms with Gasteiger partial charge in [0.05, 0.1) is 11.4 Å². The van der Waals surface area contributed by atoms with Crippen molar-refractivity contribution in [1.29, 1.82) is 0 Å². The lowest BCUT2D eigenvalue weighted by atomic mass is 9.94. The molecule has 1 heterocycles. The molecule has 0 spiro atoms. The molecule has 0 bridgehead atoms. The zero-order chi connectivity index (χ0) is 22.5. The van der Waals surface area contributed by atoms with Crippen LogP contribution in [0.3, 0.4) is 0 Å². The lowest BCUT2D eigenvalue weighted by Crippen LogP contribution is -2.48. The van der Waals surface area contributed by atoms with E-state index in [0.717, 1.165) is 54.6 Å². The van der Waals surface area contributed by atoms with Crippen LogP contribution in [0, 0.1) is 11.8 Å². The predicted molar refractivity (Wildman–Crippen MR) is 129 cm³/mol. The molecule has 0 aromatic heterocycles. The number of benzodiazepines with no additional fused rings is 1. The number of unbranched alkanes of at least 4 members (excludes halogenated alkanes) is 2. The van der Waals surface area contributed by atoms with Crippen molar-refractivity contribution in [2.75, 3.05) is 11.9 Å². The normalized spacial score (nSPS) is 19.1. The summed E-state index contributed by atoms with van der Waals surface area (Å²) in [5.41, 5.74) is 3.35. The van der Waals surface area contributed by atoms with Crippen LogP contribution in [-0.4, -0.2) is 30.7 Å².